The molecule has 0 aliphatic heterocycles. The number of benzene rings is 3. The molecule has 4 rings (SSSR count). The Morgan fingerprint density at radius 2 is 1.52 bits per heavy atom. The van der Waals surface area contributed by atoms with E-state index in [9.17, 15) is 21.6 Å². The molecule has 0 aliphatic carbocycles. The highest BCUT2D eigenvalue weighted by Crippen LogP contribution is 2.27. The summed E-state index contributed by atoms with van der Waals surface area (Å²) in [6.45, 7) is 1.75. The van der Waals surface area contributed by atoms with E-state index in [4.69, 9.17) is 4.74 Å². The number of aromatic nitrogens is 1. The SMILES string of the molecule is CCOc1ccc(N(CC(=O)Nc2ccc(S(=O)(=O)Nc3cccnc3)cc2)S(=O)(=O)c2ccc(Br)cc2)cc1. The molecule has 0 saturated heterocycles. The van der Waals surface area contributed by atoms with Crippen LogP contribution in [0.15, 0.2) is 112 Å². The van der Waals surface area contributed by atoms with Crippen molar-refractivity contribution in [1.29, 1.82) is 0 Å². The van der Waals surface area contributed by atoms with Crippen molar-refractivity contribution < 1.29 is 26.4 Å². The molecule has 0 radical (unpaired) electrons. The number of rotatable bonds is 11. The molecule has 10 nitrogen and oxygen atoms in total. The van der Waals surface area contributed by atoms with E-state index in [2.05, 4.69) is 31.0 Å². The molecule has 0 spiro atoms. The molecule has 13 heteroatoms. The molecule has 3 aromatic carbocycles. The summed E-state index contributed by atoms with van der Waals surface area (Å²) < 4.78 is 62.0. The first-order chi connectivity index (χ1) is 19.1. The summed E-state index contributed by atoms with van der Waals surface area (Å²) in [6.07, 6.45) is 2.90. The highest BCUT2D eigenvalue weighted by molar-refractivity contribution is 9.10. The molecular formula is C27H25BrN4O6S2. The normalized spacial score (nSPS) is 11.4. The Morgan fingerprint density at radius 1 is 0.875 bits per heavy atom. The lowest BCUT2D eigenvalue weighted by Crippen LogP contribution is -2.38. The third-order valence-electron chi connectivity index (χ3n) is 5.49. The Labute approximate surface area is 241 Å². The van der Waals surface area contributed by atoms with Crippen molar-refractivity contribution in [3.05, 3.63) is 102 Å². The van der Waals surface area contributed by atoms with E-state index in [0.29, 0.717) is 22.5 Å². The minimum absolute atomic E-state index is 0.00746. The van der Waals surface area contributed by atoms with E-state index < -0.39 is 32.5 Å². The van der Waals surface area contributed by atoms with Gasteiger partial charge in [0, 0.05) is 16.4 Å². The maximum Gasteiger partial charge on any atom is 0.264 e. The fourth-order valence-electron chi connectivity index (χ4n) is 3.61. The standard InChI is InChI=1S/C27H25BrN4O6S2/c1-2-38-24-11-9-23(10-12-24)32(40(36,37)26-13-5-20(28)6-14-26)19-27(33)30-21-7-15-25(16-8-21)39(34,35)31-22-4-3-17-29-18-22/h3-18,31H,2,19H2,1H3,(H,30,33). The number of amides is 1. The molecule has 1 heterocycles. The second kappa shape index (κ2) is 12.5. The van der Waals surface area contributed by atoms with E-state index in [1.165, 1.54) is 48.8 Å². The molecule has 208 valence electrons. The van der Waals surface area contributed by atoms with E-state index in [1.807, 2.05) is 6.92 Å². The monoisotopic (exact) mass is 644 g/mol. The van der Waals surface area contributed by atoms with Gasteiger partial charge < -0.3 is 10.1 Å². The number of anilines is 3. The first-order valence-corrected chi connectivity index (χ1v) is 15.6. The molecule has 0 aliphatic rings. The zero-order valence-corrected chi connectivity index (χ0v) is 24.4. The van der Waals surface area contributed by atoms with Crippen LogP contribution < -0.4 is 19.1 Å². The van der Waals surface area contributed by atoms with Crippen LogP contribution in [-0.2, 0) is 24.8 Å². The number of carbonyl (C=O) groups is 1. The number of hydrogen-bond donors (Lipinski definition) is 2. The number of halogens is 1. The topological polar surface area (TPSA) is 135 Å². The van der Waals surface area contributed by atoms with Crippen molar-refractivity contribution >= 4 is 58.9 Å². The third kappa shape index (κ3) is 7.17. The molecule has 0 fully saturated rings. The first-order valence-electron chi connectivity index (χ1n) is 11.9. The van der Waals surface area contributed by atoms with Gasteiger partial charge in [-0.15, -0.1) is 0 Å². The number of nitrogens with zero attached hydrogens (tertiary/aromatic N) is 2. The van der Waals surface area contributed by atoms with Gasteiger partial charge in [0.2, 0.25) is 5.91 Å². The number of carbonyl (C=O) groups excluding carboxylic acids is 1. The van der Waals surface area contributed by atoms with Crippen molar-refractivity contribution in [2.75, 3.05) is 27.5 Å². The smallest absolute Gasteiger partial charge is 0.264 e. The third-order valence-corrected chi connectivity index (χ3v) is 9.20. The van der Waals surface area contributed by atoms with Crippen LogP contribution in [0, 0.1) is 0 Å². The van der Waals surface area contributed by atoms with Crippen molar-refractivity contribution in [3.63, 3.8) is 0 Å². The van der Waals surface area contributed by atoms with E-state index in [1.54, 1.807) is 48.5 Å². The van der Waals surface area contributed by atoms with E-state index in [0.717, 1.165) is 4.31 Å². The van der Waals surface area contributed by atoms with E-state index in [-0.39, 0.29) is 21.2 Å². The molecule has 1 amide bonds. The lowest BCUT2D eigenvalue weighted by atomic mass is 10.3. The molecule has 0 bridgehead atoms. The number of sulfonamides is 2. The molecule has 40 heavy (non-hydrogen) atoms. The highest BCUT2D eigenvalue weighted by Gasteiger charge is 2.27. The van der Waals surface area contributed by atoms with Gasteiger partial charge in [0.15, 0.2) is 0 Å². The lowest BCUT2D eigenvalue weighted by Gasteiger charge is -2.24. The Bertz CT molecular complexity index is 1670. The number of ether oxygens (including phenoxy) is 1. The van der Waals surface area contributed by atoms with Gasteiger partial charge >= 0.3 is 0 Å². The summed E-state index contributed by atoms with van der Waals surface area (Å²) in [4.78, 5) is 16.9. The summed E-state index contributed by atoms with van der Waals surface area (Å²) in [5.74, 6) is -0.0663. The summed E-state index contributed by atoms with van der Waals surface area (Å²) >= 11 is 3.30. The summed E-state index contributed by atoms with van der Waals surface area (Å²) in [7, 11) is -8.00. The van der Waals surface area contributed by atoms with Crippen molar-refractivity contribution in [1.82, 2.24) is 4.98 Å². The van der Waals surface area contributed by atoms with Crippen LogP contribution in [0.25, 0.3) is 0 Å². The molecule has 0 saturated carbocycles. The molecule has 2 N–H and O–H groups in total. The minimum Gasteiger partial charge on any atom is -0.494 e. The second-order valence-electron chi connectivity index (χ2n) is 8.31. The average Bonchev–Trinajstić information content (AvgIpc) is 2.93. The Hall–Kier alpha value is -3.94. The second-order valence-corrected chi connectivity index (χ2v) is 12.8. The Balaban J connectivity index is 1.54. The van der Waals surface area contributed by atoms with E-state index >= 15 is 0 Å². The number of hydrogen-bond acceptors (Lipinski definition) is 7. The number of nitrogens with one attached hydrogen (secondary N) is 2. The van der Waals surface area contributed by atoms with Crippen LogP contribution in [0.5, 0.6) is 5.75 Å². The van der Waals surface area contributed by atoms with Crippen LogP contribution in [0.4, 0.5) is 17.1 Å². The Kier molecular flexibility index (Phi) is 9.07. The van der Waals surface area contributed by atoms with Gasteiger partial charge in [-0.25, -0.2) is 16.8 Å². The predicted molar refractivity (Wildman–Crippen MR) is 156 cm³/mol. The van der Waals surface area contributed by atoms with Crippen LogP contribution >= 0.6 is 15.9 Å². The van der Waals surface area contributed by atoms with Crippen LogP contribution in [0.3, 0.4) is 0 Å². The van der Waals surface area contributed by atoms with Crippen molar-refractivity contribution in [2.24, 2.45) is 0 Å². The van der Waals surface area contributed by atoms with Gasteiger partial charge in [-0.1, -0.05) is 15.9 Å². The predicted octanol–water partition coefficient (Wildman–Crippen LogP) is 4.88. The highest BCUT2D eigenvalue weighted by atomic mass is 79.9. The zero-order chi connectivity index (χ0) is 28.8. The fourth-order valence-corrected chi connectivity index (χ4v) is 6.34. The van der Waals surface area contributed by atoms with Crippen molar-refractivity contribution in [3.8, 4) is 5.75 Å². The number of pyridine rings is 1. The summed E-state index contributed by atoms with van der Waals surface area (Å²) in [5, 5.41) is 2.63. The summed E-state index contributed by atoms with van der Waals surface area (Å²) in [5.41, 5.74) is 0.865. The average molecular weight is 646 g/mol. The largest absolute Gasteiger partial charge is 0.494 e. The lowest BCUT2D eigenvalue weighted by molar-refractivity contribution is -0.114. The fraction of sp³-hybridized carbons (Fsp3) is 0.111. The maximum absolute atomic E-state index is 13.6. The minimum atomic E-state index is -4.12. The van der Waals surface area contributed by atoms with Gasteiger partial charge in [-0.2, -0.15) is 0 Å². The molecule has 4 aromatic rings. The van der Waals surface area contributed by atoms with Gasteiger partial charge in [0.1, 0.15) is 12.3 Å². The zero-order valence-electron chi connectivity index (χ0n) is 21.2. The van der Waals surface area contributed by atoms with Gasteiger partial charge in [0.05, 0.1) is 34.0 Å². The maximum atomic E-state index is 13.6. The summed E-state index contributed by atoms with van der Waals surface area (Å²) in [6, 6.07) is 21.1. The molecule has 1 aromatic heterocycles. The Morgan fingerprint density at radius 3 is 2.12 bits per heavy atom. The van der Waals surface area contributed by atoms with Crippen LogP contribution in [0.1, 0.15) is 6.92 Å². The van der Waals surface area contributed by atoms with Gasteiger partial charge in [-0.3, -0.25) is 18.8 Å². The molecule has 0 unspecified atom stereocenters. The quantitative estimate of drug-likeness (QED) is 0.238. The van der Waals surface area contributed by atoms with Crippen LogP contribution in [-0.4, -0.2) is 40.9 Å². The van der Waals surface area contributed by atoms with Crippen molar-refractivity contribution in [2.45, 2.75) is 16.7 Å². The molecular weight excluding hydrogens is 620 g/mol. The van der Waals surface area contributed by atoms with Gasteiger partial charge in [-0.05, 0) is 91.9 Å². The first kappa shape index (κ1) is 29.1. The molecule has 0 atom stereocenters. The van der Waals surface area contributed by atoms with Crippen LogP contribution in [0.2, 0.25) is 0 Å². The van der Waals surface area contributed by atoms with Gasteiger partial charge in [0.25, 0.3) is 20.0 Å².